The van der Waals surface area contributed by atoms with Crippen molar-refractivity contribution in [2.75, 3.05) is 12.3 Å². The van der Waals surface area contributed by atoms with Crippen LogP contribution >= 0.6 is 11.8 Å². The van der Waals surface area contributed by atoms with Gasteiger partial charge in [0.05, 0.1) is 0 Å². The maximum atomic E-state index is 11.4. The van der Waals surface area contributed by atoms with E-state index in [-0.39, 0.29) is 5.63 Å². The van der Waals surface area contributed by atoms with E-state index in [2.05, 4.69) is 0 Å². The summed E-state index contributed by atoms with van der Waals surface area (Å²) in [6.45, 7) is 2.64. The molecule has 0 amide bonds. The summed E-state index contributed by atoms with van der Waals surface area (Å²) in [6.07, 6.45) is 0. The van der Waals surface area contributed by atoms with E-state index in [1.807, 2.05) is 25.1 Å². The zero-order chi connectivity index (χ0) is 12.3. The van der Waals surface area contributed by atoms with Crippen molar-refractivity contribution in [3.05, 3.63) is 45.8 Å². The summed E-state index contributed by atoms with van der Waals surface area (Å²) in [5.74, 6) is 1.69. The maximum Gasteiger partial charge on any atom is 0.336 e. The minimum atomic E-state index is -0.286. The van der Waals surface area contributed by atoms with Crippen molar-refractivity contribution in [3.8, 4) is 0 Å². The number of thioether (sulfide) groups is 1. The van der Waals surface area contributed by atoms with Crippen molar-refractivity contribution >= 4 is 22.7 Å². The van der Waals surface area contributed by atoms with Crippen LogP contribution in [0.3, 0.4) is 0 Å². The van der Waals surface area contributed by atoms with Gasteiger partial charge in [0.2, 0.25) is 0 Å². The Kier molecular flexibility index (Phi) is 3.86. The SMILES string of the molecule is Cc1ccc2c(CSCCN)cc(=O)oc2c1. The molecule has 0 saturated carbocycles. The van der Waals surface area contributed by atoms with Crippen LogP contribution in [0.4, 0.5) is 0 Å². The van der Waals surface area contributed by atoms with Gasteiger partial charge in [-0.2, -0.15) is 11.8 Å². The topological polar surface area (TPSA) is 56.2 Å². The molecule has 0 spiro atoms. The molecule has 4 heteroatoms. The Morgan fingerprint density at radius 2 is 2.18 bits per heavy atom. The molecular formula is C13H15NO2S. The number of hydrogen-bond acceptors (Lipinski definition) is 4. The first-order chi connectivity index (χ1) is 8.20. The maximum absolute atomic E-state index is 11.4. The molecule has 1 heterocycles. The average molecular weight is 249 g/mol. The summed E-state index contributed by atoms with van der Waals surface area (Å²) in [4.78, 5) is 11.4. The lowest BCUT2D eigenvalue weighted by Crippen LogP contribution is -2.03. The van der Waals surface area contributed by atoms with Crippen LogP contribution < -0.4 is 11.4 Å². The van der Waals surface area contributed by atoms with Crippen molar-refractivity contribution in [2.24, 2.45) is 5.73 Å². The van der Waals surface area contributed by atoms with E-state index >= 15 is 0 Å². The second-order valence-electron chi connectivity index (χ2n) is 3.93. The molecule has 0 saturated heterocycles. The predicted octanol–water partition coefficient (Wildman–Crippen LogP) is 2.29. The van der Waals surface area contributed by atoms with Gasteiger partial charge in [-0.3, -0.25) is 0 Å². The van der Waals surface area contributed by atoms with Gasteiger partial charge in [-0.1, -0.05) is 12.1 Å². The van der Waals surface area contributed by atoms with Gasteiger partial charge in [0, 0.05) is 29.5 Å². The number of fused-ring (bicyclic) bond motifs is 1. The summed E-state index contributed by atoms with van der Waals surface area (Å²) in [5.41, 5.74) is 7.95. The highest BCUT2D eigenvalue weighted by Crippen LogP contribution is 2.22. The highest BCUT2D eigenvalue weighted by molar-refractivity contribution is 7.98. The number of rotatable bonds is 4. The standard InChI is InChI=1S/C13H15NO2S/c1-9-2-3-11-10(8-17-5-4-14)7-13(15)16-12(11)6-9/h2-3,6-7H,4-5,8,14H2,1H3. The molecule has 0 atom stereocenters. The Morgan fingerprint density at radius 1 is 1.35 bits per heavy atom. The largest absolute Gasteiger partial charge is 0.423 e. The molecule has 2 aromatic rings. The number of benzene rings is 1. The molecule has 3 nitrogen and oxygen atoms in total. The number of hydrogen-bond donors (Lipinski definition) is 1. The lowest BCUT2D eigenvalue weighted by Gasteiger charge is -2.05. The van der Waals surface area contributed by atoms with Crippen molar-refractivity contribution < 1.29 is 4.42 Å². The summed E-state index contributed by atoms with van der Waals surface area (Å²) >= 11 is 1.73. The molecule has 0 radical (unpaired) electrons. The van der Waals surface area contributed by atoms with E-state index in [1.165, 1.54) is 0 Å². The van der Waals surface area contributed by atoms with Crippen molar-refractivity contribution in [3.63, 3.8) is 0 Å². The fourth-order valence-corrected chi connectivity index (χ4v) is 2.49. The van der Waals surface area contributed by atoms with Crippen LogP contribution in [0.2, 0.25) is 0 Å². The highest BCUT2D eigenvalue weighted by Gasteiger charge is 2.05. The molecule has 0 aliphatic heterocycles. The third kappa shape index (κ3) is 2.90. The summed E-state index contributed by atoms with van der Waals surface area (Å²) < 4.78 is 5.20. The Balaban J connectivity index is 2.43. The first-order valence-electron chi connectivity index (χ1n) is 5.52. The lowest BCUT2D eigenvalue weighted by atomic mass is 10.1. The van der Waals surface area contributed by atoms with Crippen LogP contribution in [0.1, 0.15) is 11.1 Å². The third-order valence-electron chi connectivity index (χ3n) is 2.51. The minimum Gasteiger partial charge on any atom is -0.423 e. The van der Waals surface area contributed by atoms with Gasteiger partial charge in [0.1, 0.15) is 5.58 Å². The Labute approximate surface area is 104 Å². The quantitative estimate of drug-likeness (QED) is 0.667. The van der Waals surface area contributed by atoms with E-state index in [4.69, 9.17) is 10.2 Å². The van der Waals surface area contributed by atoms with Crippen molar-refractivity contribution in [1.29, 1.82) is 0 Å². The molecular weight excluding hydrogens is 234 g/mol. The molecule has 2 N–H and O–H groups in total. The van der Waals surface area contributed by atoms with Crippen LogP contribution in [0.25, 0.3) is 11.0 Å². The Bertz CT molecular complexity index is 577. The van der Waals surface area contributed by atoms with Crippen LogP contribution in [0, 0.1) is 6.92 Å². The van der Waals surface area contributed by atoms with Gasteiger partial charge >= 0.3 is 5.63 Å². The van der Waals surface area contributed by atoms with Crippen LogP contribution in [0.15, 0.2) is 33.5 Å². The predicted molar refractivity (Wildman–Crippen MR) is 72.4 cm³/mol. The van der Waals surface area contributed by atoms with Crippen molar-refractivity contribution in [1.82, 2.24) is 0 Å². The van der Waals surface area contributed by atoms with E-state index in [0.29, 0.717) is 12.1 Å². The summed E-state index contributed by atoms with van der Waals surface area (Å²) in [7, 11) is 0. The van der Waals surface area contributed by atoms with Gasteiger partial charge in [-0.15, -0.1) is 0 Å². The second-order valence-corrected chi connectivity index (χ2v) is 5.04. The minimum absolute atomic E-state index is 0.286. The van der Waals surface area contributed by atoms with E-state index in [1.54, 1.807) is 17.8 Å². The van der Waals surface area contributed by atoms with Crippen molar-refractivity contribution in [2.45, 2.75) is 12.7 Å². The summed E-state index contributed by atoms with van der Waals surface area (Å²) in [5, 5.41) is 1.01. The Morgan fingerprint density at radius 3 is 2.94 bits per heavy atom. The molecule has 2 rings (SSSR count). The molecule has 90 valence electrons. The van der Waals surface area contributed by atoms with E-state index in [0.717, 1.165) is 28.0 Å². The molecule has 17 heavy (non-hydrogen) atoms. The smallest absolute Gasteiger partial charge is 0.336 e. The fraction of sp³-hybridized carbons (Fsp3) is 0.308. The third-order valence-corrected chi connectivity index (χ3v) is 3.54. The van der Waals surface area contributed by atoms with Gasteiger partial charge in [0.25, 0.3) is 0 Å². The zero-order valence-corrected chi connectivity index (χ0v) is 10.5. The van der Waals surface area contributed by atoms with Gasteiger partial charge in [0.15, 0.2) is 0 Å². The summed E-state index contributed by atoms with van der Waals surface area (Å²) in [6, 6.07) is 7.50. The van der Waals surface area contributed by atoms with Gasteiger partial charge < -0.3 is 10.2 Å². The molecule has 0 bridgehead atoms. The molecule has 0 aliphatic rings. The Hall–Kier alpha value is -1.26. The monoisotopic (exact) mass is 249 g/mol. The number of aryl methyl sites for hydroxylation is 1. The fourth-order valence-electron chi connectivity index (χ4n) is 1.72. The average Bonchev–Trinajstić information content (AvgIpc) is 2.28. The first kappa shape index (κ1) is 12.2. The molecule has 1 aromatic heterocycles. The molecule has 0 aliphatic carbocycles. The highest BCUT2D eigenvalue weighted by atomic mass is 32.2. The first-order valence-corrected chi connectivity index (χ1v) is 6.67. The van der Waals surface area contributed by atoms with Gasteiger partial charge in [-0.05, 0) is 24.1 Å². The normalized spacial score (nSPS) is 10.9. The lowest BCUT2D eigenvalue weighted by molar-refractivity contribution is 0.559. The molecule has 0 fully saturated rings. The van der Waals surface area contributed by atoms with E-state index in [9.17, 15) is 4.79 Å². The van der Waals surface area contributed by atoms with Gasteiger partial charge in [-0.25, -0.2) is 4.79 Å². The molecule has 1 aromatic carbocycles. The molecule has 0 unspecified atom stereocenters. The van der Waals surface area contributed by atoms with E-state index < -0.39 is 0 Å². The van der Waals surface area contributed by atoms with Crippen LogP contribution in [-0.4, -0.2) is 12.3 Å². The zero-order valence-electron chi connectivity index (χ0n) is 9.73. The number of nitrogens with two attached hydrogens (primary N) is 1. The van der Waals surface area contributed by atoms with Crippen LogP contribution in [-0.2, 0) is 5.75 Å². The van der Waals surface area contributed by atoms with Crippen LogP contribution in [0.5, 0.6) is 0 Å². The second kappa shape index (κ2) is 5.38.